The maximum Gasteiger partial charge on any atom is 0.222 e. The lowest BCUT2D eigenvalue weighted by atomic mass is 10.0. The van der Waals surface area contributed by atoms with E-state index >= 15 is 0 Å². The van der Waals surface area contributed by atoms with Crippen molar-refractivity contribution in [3.05, 3.63) is 35.5 Å². The van der Waals surface area contributed by atoms with E-state index in [2.05, 4.69) is 28.7 Å². The van der Waals surface area contributed by atoms with Gasteiger partial charge in [-0.2, -0.15) is 4.98 Å². The lowest BCUT2D eigenvalue weighted by Crippen LogP contribution is -2.29. The van der Waals surface area contributed by atoms with Crippen molar-refractivity contribution in [1.82, 2.24) is 15.0 Å². The Morgan fingerprint density at radius 3 is 2.73 bits per heavy atom. The number of anilines is 2. The average molecular weight is 425 g/mol. The van der Waals surface area contributed by atoms with Gasteiger partial charge in [0.15, 0.2) is 5.65 Å². The highest BCUT2D eigenvalue weighted by Gasteiger charge is 2.54. The molecule has 1 unspecified atom stereocenters. The fourth-order valence-corrected chi connectivity index (χ4v) is 4.55. The van der Waals surface area contributed by atoms with Gasteiger partial charge in [0, 0.05) is 41.8 Å². The smallest absolute Gasteiger partial charge is 0.222 e. The van der Waals surface area contributed by atoms with Crippen molar-refractivity contribution in [2.75, 3.05) is 30.3 Å². The number of rotatable bonds is 5. The Hall–Kier alpha value is -2.64. The summed E-state index contributed by atoms with van der Waals surface area (Å²) in [6, 6.07) is 8.07. The fourth-order valence-electron chi connectivity index (χ4n) is 4.28. The van der Waals surface area contributed by atoms with Crippen LogP contribution in [0.2, 0.25) is 5.02 Å². The number of ether oxygens (including phenoxy) is 1. The van der Waals surface area contributed by atoms with E-state index in [1.54, 1.807) is 6.20 Å². The molecular formula is C22H25ClN6O. The van der Waals surface area contributed by atoms with Gasteiger partial charge in [-0.15, -0.1) is 0 Å². The summed E-state index contributed by atoms with van der Waals surface area (Å²) in [5.41, 5.74) is 14.3. The van der Waals surface area contributed by atoms with Crippen molar-refractivity contribution < 1.29 is 4.74 Å². The maximum absolute atomic E-state index is 6.70. The van der Waals surface area contributed by atoms with E-state index in [9.17, 15) is 0 Å². The molecule has 0 spiro atoms. The minimum Gasteiger partial charge on any atom is -0.493 e. The standard InChI is InChI=1S/C22H25ClN6O/c1-11(2)10-30-17-5-3-4-16(23)18(17)13-6-12-7-26-22(25)28-20(12)27-21(13)29-8-14-15(9-29)19(14)24/h3-7,11,14-15,19H,8-10,24H2,1-2H3,(H2,25,26,27,28)/t14-,15+,19?. The summed E-state index contributed by atoms with van der Waals surface area (Å²) in [7, 11) is 0. The van der Waals surface area contributed by atoms with Gasteiger partial charge in [-0.3, -0.25) is 0 Å². The molecule has 1 saturated heterocycles. The Balaban J connectivity index is 1.66. The molecule has 30 heavy (non-hydrogen) atoms. The molecule has 3 atom stereocenters. The second-order valence-electron chi connectivity index (χ2n) is 8.63. The highest BCUT2D eigenvalue weighted by Crippen LogP contribution is 2.48. The minimum atomic E-state index is 0.207. The van der Waals surface area contributed by atoms with E-state index in [0.717, 1.165) is 41.2 Å². The number of nitrogen functional groups attached to an aromatic ring is 1. The van der Waals surface area contributed by atoms with Crippen LogP contribution in [0.1, 0.15) is 13.8 Å². The van der Waals surface area contributed by atoms with Crippen LogP contribution >= 0.6 is 11.6 Å². The zero-order valence-corrected chi connectivity index (χ0v) is 17.8. The number of hydrogen-bond donors (Lipinski definition) is 2. The Kier molecular flexibility index (Phi) is 4.67. The van der Waals surface area contributed by atoms with Gasteiger partial charge in [0.25, 0.3) is 0 Å². The molecule has 2 aromatic heterocycles. The summed E-state index contributed by atoms with van der Waals surface area (Å²) in [6.07, 6.45) is 1.70. The molecule has 0 bridgehead atoms. The molecule has 1 aliphatic carbocycles. The fraction of sp³-hybridized carbons (Fsp3) is 0.409. The number of pyridine rings is 1. The number of hydrogen-bond acceptors (Lipinski definition) is 7. The van der Waals surface area contributed by atoms with Crippen LogP contribution in [0, 0.1) is 17.8 Å². The quantitative estimate of drug-likeness (QED) is 0.647. The molecule has 2 fully saturated rings. The van der Waals surface area contributed by atoms with E-state index < -0.39 is 0 Å². The molecule has 3 aromatic rings. The summed E-state index contributed by atoms with van der Waals surface area (Å²) in [4.78, 5) is 15.6. The van der Waals surface area contributed by atoms with Gasteiger partial charge in [-0.25, -0.2) is 9.97 Å². The SMILES string of the molecule is CC(C)COc1cccc(Cl)c1-c1cc2cnc(N)nc2nc1N1C[C@@H]2C(N)[C@@H]2C1. The summed E-state index contributed by atoms with van der Waals surface area (Å²) < 4.78 is 6.13. The van der Waals surface area contributed by atoms with Gasteiger partial charge in [0.2, 0.25) is 5.95 Å². The molecule has 1 aliphatic heterocycles. The molecule has 4 N–H and O–H groups in total. The second kappa shape index (κ2) is 7.25. The largest absolute Gasteiger partial charge is 0.493 e. The molecule has 5 rings (SSSR count). The van der Waals surface area contributed by atoms with E-state index in [1.807, 2.05) is 24.3 Å². The lowest BCUT2D eigenvalue weighted by molar-refractivity contribution is 0.272. The third kappa shape index (κ3) is 3.32. The molecule has 0 amide bonds. The van der Waals surface area contributed by atoms with E-state index in [0.29, 0.717) is 41.1 Å². The Morgan fingerprint density at radius 2 is 2.00 bits per heavy atom. The first-order valence-electron chi connectivity index (χ1n) is 10.3. The van der Waals surface area contributed by atoms with Crippen LogP contribution in [0.25, 0.3) is 22.2 Å². The predicted molar refractivity (Wildman–Crippen MR) is 120 cm³/mol. The summed E-state index contributed by atoms with van der Waals surface area (Å²) in [6.45, 7) is 6.60. The van der Waals surface area contributed by atoms with Gasteiger partial charge >= 0.3 is 0 Å². The van der Waals surface area contributed by atoms with Crippen molar-refractivity contribution in [3.63, 3.8) is 0 Å². The number of halogens is 1. The molecule has 8 heteroatoms. The molecule has 2 aliphatic rings. The third-order valence-corrected chi connectivity index (χ3v) is 6.26. The van der Waals surface area contributed by atoms with Crippen LogP contribution in [0.5, 0.6) is 5.75 Å². The third-order valence-electron chi connectivity index (χ3n) is 5.94. The monoisotopic (exact) mass is 424 g/mol. The maximum atomic E-state index is 6.70. The first-order valence-corrected chi connectivity index (χ1v) is 10.7. The highest BCUT2D eigenvalue weighted by atomic mass is 35.5. The Bertz CT molecular complexity index is 1110. The first kappa shape index (κ1) is 19.3. The van der Waals surface area contributed by atoms with Crippen LogP contribution in [-0.4, -0.2) is 40.7 Å². The highest BCUT2D eigenvalue weighted by molar-refractivity contribution is 6.34. The topological polar surface area (TPSA) is 103 Å². The summed E-state index contributed by atoms with van der Waals surface area (Å²) >= 11 is 6.70. The Morgan fingerprint density at radius 1 is 1.23 bits per heavy atom. The van der Waals surface area contributed by atoms with Crippen LogP contribution < -0.4 is 21.1 Å². The summed E-state index contributed by atoms with van der Waals surface area (Å²) in [5, 5.41) is 1.43. The van der Waals surface area contributed by atoms with Crippen molar-refractivity contribution in [2.45, 2.75) is 19.9 Å². The number of aromatic nitrogens is 3. The predicted octanol–water partition coefficient (Wildman–Crippen LogP) is 3.36. The molecular weight excluding hydrogens is 400 g/mol. The van der Waals surface area contributed by atoms with Crippen molar-refractivity contribution >= 4 is 34.4 Å². The number of benzene rings is 1. The van der Waals surface area contributed by atoms with Gasteiger partial charge in [0.05, 0.1) is 11.6 Å². The second-order valence-corrected chi connectivity index (χ2v) is 9.04. The normalized spacial score (nSPS) is 22.6. The van der Waals surface area contributed by atoms with Gasteiger partial charge in [-0.05, 0) is 36.0 Å². The Labute approximate surface area is 180 Å². The number of fused-ring (bicyclic) bond motifs is 2. The molecule has 156 valence electrons. The number of nitrogens with zero attached hydrogens (tertiary/aromatic N) is 4. The van der Waals surface area contributed by atoms with Crippen molar-refractivity contribution in [3.8, 4) is 16.9 Å². The zero-order chi connectivity index (χ0) is 21.0. The van der Waals surface area contributed by atoms with Gasteiger partial charge in [0.1, 0.15) is 11.6 Å². The van der Waals surface area contributed by atoms with Crippen molar-refractivity contribution in [1.29, 1.82) is 0 Å². The molecule has 7 nitrogen and oxygen atoms in total. The van der Waals surface area contributed by atoms with Crippen LogP contribution in [0.4, 0.5) is 11.8 Å². The first-order chi connectivity index (χ1) is 14.4. The van der Waals surface area contributed by atoms with Crippen LogP contribution in [-0.2, 0) is 0 Å². The summed E-state index contributed by atoms with van der Waals surface area (Å²) in [5.74, 6) is 3.23. The molecule has 3 heterocycles. The number of nitrogens with two attached hydrogens (primary N) is 2. The zero-order valence-electron chi connectivity index (χ0n) is 17.0. The van der Waals surface area contributed by atoms with E-state index in [1.165, 1.54) is 0 Å². The van der Waals surface area contributed by atoms with Crippen LogP contribution in [0.15, 0.2) is 30.5 Å². The van der Waals surface area contributed by atoms with E-state index in [-0.39, 0.29) is 5.95 Å². The lowest BCUT2D eigenvalue weighted by Gasteiger charge is -2.25. The van der Waals surface area contributed by atoms with E-state index in [4.69, 9.17) is 32.8 Å². The molecule has 0 radical (unpaired) electrons. The average Bonchev–Trinajstić information content (AvgIpc) is 3.12. The minimum absolute atomic E-state index is 0.207. The van der Waals surface area contributed by atoms with Crippen LogP contribution in [0.3, 0.4) is 0 Å². The number of piperidine rings is 1. The molecule has 1 saturated carbocycles. The van der Waals surface area contributed by atoms with Gasteiger partial charge < -0.3 is 21.1 Å². The van der Waals surface area contributed by atoms with Gasteiger partial charge in [-0.1, -0.05) is 31.5 Å². The van der Waals surface area contributed by atoms with Crippen molar-refractivity contribution in [2.24, 2.45) is 23.5 Å². The molecule has 1 aromatic carbocycles.